The van der Waals surface area contributed by atoms with Crippen molar-refractivity contribution < 1.29 is 14.6 Å². The number of allylic oxidation sites excluding steroid dienone is 2. The molecule has 1 aliphatic heterocycles. The number of rotatable bonds is 1. The van der Waals surface area contributed by atoms with E-state index in [0.29, 0.717) is 24.5 Å². The van der Waals surface area contributed by atoms with Crippen LogP contribution in [0, 0.1) is 0 Å². The summed E-state index contributed by atoms with van der Waals surface area (Å²) < 4.78 is 10.2. The second kappa shape index (κ2) is 14.1. The van der Waals surface area contributed by atoms with Crippen LogP contribution in [0.2, 0.25) is 5.02 Å². The average molecular weight is 688 g/mol. The molecule has 0 amide bonds. The SMILES string of the molecule is C/C1=C(/C)N(C)/N=C/CSCc2cc(n(C)n2)CSc2cc(c3ccccc3c2)OCCCc2c(C(=O)O)n(C)c3c1c(Cl)ccc23. The van der Waals surface area contributed by atoms with E-state index in [2.05, 4.69) is 35.4 Å². The highest BCUT2D eigenvalue weighted by molar-refractivity contribution is 7.99. The number of halogens is 1. The number of nitrogens with zero attached hydrogens (tertiary/aromatic N) is 5. The van der Waals surface area contributed by atoms with Gasteiger partial charge in [-0.05, 0) is 67.5 Å². The summed E-state index contributed by atoms with van der Waals surface area (Å²) in [4.78, 5) is 13.8. The van der Waals surface area contributed by atoms with Crippen LogP contribution in [0.4, 0.5) is 0 Å². The van der Waals surface area contributed by atoms with Gasteiger partial charge in [-0.3, -0.25) is 9.69 Å². The Morgan fingerprint density at radius 1 is 1.02 bits per heavy atom. The third-order valence-electron chi connectivity index (χ3n) is 8.75. The van der Waals surface area contributed by atoms with Gasteiger partial charge in [0.2, 0.25) is 0 Å². The molecule has 0 radical (unpaired) electrons. The Labute approximate surface area is 288 Å². The molecule has 0 aliphatic carbocycles. The minimum Gasteiger partial charge on any atom is -0.493 e. The first-order valence-electron chi connectivity index (χ1n) is 15.5. The lowest BCUT2D eigenvalue weighted by atomic mass is 9.99. The fourth-order valence-corrected chi connectivity index (χ4v) is 8.10. The van der Waals surface area contributed by atoms with Gasteiger partial charge >= 0.3 is 5.97 Å². The predicted molar refractivity (Wildman–Crippen MR) is 196 cm³/mol. The lowest BCUT2D eigenvalue weighted by Crippen LogP contribution is -2.11. The van der Waals surface area contributed by atoms with Crippen LogP contribution in [0.5, 0.6) is 5.75 Å². The van der Waals surface area contributed by atoms with Crippen molar-refractivity contribution in [3.8, 4) is 5.75 Å². The molecular weight excluding hydrogens is 650 g/mol. The summed E-state index contributed by atoms with van der Waals surface area (Å²) in [7, 11) is 5.72. The number of fused-ring (bicyclic) bond motifs is 6. The molecule has 3 aromatic carbocycles. The van der Waals surface area contributed by atoms with E-state index in [9.17, 15) is 9.90 Å². The number of thioether (sulfide) groups is 2. The minimum atomic E-state index is -0.965. The Kier molecular flexibility index (Phi) is 9.91. The summed E-state index contributed by atoms with van der Waals surface area (Å²) in [6, 6.07) is 18.6. The van der Waals surface area contributed by atoms with Gasteiger partial charge in [-0.2, -0.15) is 10.2 Å². The van der Waals surface area contributed by atoms with Crippen molar-refractivity contribution in [1.29, 1.82) is 0 Å². The maximum Gasteiger partial charge on any atom is 0.352 e. The zero-order chi connectivity index (χ0) is 33.2. The first-order chi connectivity index (χ1) is 22.6. The van der Waals surface area contributed by atoms with E-state index in [1.165, 1.54) is 0 Å². The molecule has 0 fully saturated rings. The molecule has 47 heavy (non-hydrogen) atoms. The summed E-state index contributed by atoms with van der Waals surface area (Å²) >= 11 is 10.4. The Bertz CT molecular complexity index is 2050. The van der Waals surface area contributed by atoms with Crippen molar-refractivity contribution in [2.24, 2.45) is 19.2 Å². The molecule has 0 unspecified atom stereocenters. The Hall–Kier alpha value is -3.86. The highest BCUT2D eigenvalue weighted by Crippen LogP contribution is 2.39. The highest BCUT2D eigenvalue weighted by atomic mass is 35.5. The summed E-state index contributed by atoms with van der Waals surface area (Å²) in [6.45, 7) is 4.46. The number of ether oxygens (including phenoxy) is 1. The van der Waals surface area contributed by atoms with Gasteiger partial charge in [0.15, 0.2) is 0 Å². The second-order valence-electron chi connectivity index (χ2n) is 11.7. The molecule has 5 aromatic rings. The maximum absolute atomic E-state index is 12.6. The van der Waals surface area contributed by atoms with Gasteiger partial charge in [0.1, 0.15) is 11.4 Å². The Morgan fingerprint density at radius 2 is 1.83 bits per heavy atom. The number of carboxylic acids is 1. The monoisotopic (exact) mass is 687 g/mol. The molecular formula is C36H38ClN5O3S2. The second-order valence-corrected chi connectivity index (χ2v) is 14.2. The van der Waals surface area contributed by atoms with E-state index >= 15 is 0 Å². The van der Waals surface area contributed by atoms with Gasteiger partial charge in [0.05, 0.1) is 22.8 Å². The first kappa shape index (κ1) is 33.1. The average Bonchev–Trinajstić information content (AvgIpc) is 3.55. The number of aromatic carboxylic acids is 1. The van der Waals surface area contributed by atoms with Crippen LogP contribution in [-0.4, -0.2) is 56.1 Å². The molecule has 1 aliphatic rings. The van der Waals surface area contributed by atoms with Crippen LogP contribution < -0.4 is 4.74 Å². The van der Waals surface area contributed by atoms with Crippen LogP contribution >= 0.6 is 35.1 Å². The van der Waals surface area contributed by atoms with Crippen LogP contribution in [0.25, 0.3) is 27.2 Å². The molecule has 2 aromatic heterocycles. The van der Waals surface area contributed by atoms with Crippen LogP contribution in [0.15, 0.2) is 70.3 Å². The minimum absolute atomic E-state index is 0.268. The lowest BCUT2D eigenvalue weighted by Gasteiger charge is -2.19. The molecule has 0 atom stereocenters. The molecule has 6 rings (SSSR count). The van der Waals surface area contributed by atoms with E-state index in [1.54, 1.807) is 35.1 Å². The zero-order valence-electron chi connectivity index (χ0n) is 27.2. The molecule has 244 valence electrons. The summed E-state index contributed by atoms with van der Waals surface area (Å²) in [5.74, 6) is 2.17. The number of hydrazone groups is 1. The van der Waals surface area contributed by atoms with Gasteiger partial charge in [-0.25, -0.2) is 4.79 Å². The summed E-state index contributed by atoms with van der Waals surface area (Å²) in [5.41, 5.74) is 6.72. The first-order valence-corrected chi connectivity index (χ1v) is 18.0. The molecule has 0 saturated carbocycles. The number of aromatic nitrogens is 3. The van der Waals surface area contributed by atoms with Gasteiger partial charge in [0.25, 0.3) is 0 Å². The standard InChI is InChI=1S/C36H38ClN5O3S2/c1-22-23(2)41(4)38-14-16-46-20-25-18-26(42(5)39-25)21-47-27-17-24-9-6-7-10-28(24)32(19-27)45-15-8-11-29-30-12-13-31(37)33(22)34(30)40(3)35(29)36(43)44/h6-7,9-10,12-14,17-19H,8,11,15-16,20-21H2,1-5H3,(H,43,44)/b23-22+,38-14+. The lowest BCUT2D eigenvalue weighted by molar-refractivity contribution is 0.0685. The molecule has 1 N–H and O–H groups in total. The van der Waals surface area contributed by atoms with Crippen molar-refractivity contribution in [2.45, 2.75) is 43.1 Å². The van der Waals surface area contributed by atoms with Gasteiger partial charge in [-0.1, -0.05) is 41.9 Å². The third kappa shape index (κ3) is 6.77. The maximum atomic E-state index is 12.6. The van der Waals surface area contributed by atoms with E-state index in [0.717, 1.165) is 83.4 Å². The topological polar surface area (TPSA) is 84.9 Å². The normalized spacial score (nSPS) is 17.5. The fourth-order valence-electron chi connectivity index (χ4n) is 6.18. The van der Waals surface area contributed by atoms with Crippen LogP contribution in [0.1, 0.15) is 53.3 Å². The molecule has 11 heteroatoms. The summed E-state index contributed by atoms with van der Waals surface area (Å²) in [5, 5.41) is 25.3. The number of carbonyl (C=O) groups is 1. The van der Waals surface area contributed by atoms with Crippen LogP contribution in [0.3, 0.4) is 0 Å². The summed E-state index contributed by atoms with van der Waals surface area (Å²) in [6.07, 6.45) is 3.09. The van der Waals surface area contributed by atoms with Crippen LogP contribution in [-0.2, 0) is 32.0 Å². The molecule has 8 nitrogen and oxygen atoms in total. The number of aryl methyl sites for hydroxylation is 3. The number of benzene rings is 3. The van der Waals surface area contributed by atoms with Crippen molar-refractivity contribution in [3.63, 3.8) is 0 Å². The van der Waals surface area contributed by atoms with Gasteiger partial charge in [0, 0.05) is 77.2 Å². The fraction of sp³-hybridized carbons (Fsp3) is 0.306. The predicted octanol–water partition coefficient (Wildman–Crippen LogP) is 8.64. The Balaban J connectivity index is 1.41. The van der Waals surface area contributed by atoms with Gasteiger partial charge < -0.3 is 14.4 Å². The van der Waals surface area contributed by atoms with E-state index < -0.39 is 5.97 Å². The quantitative estimate of drug-likeness (QED) is 0.189. The Morgan fingerprint density at radius 3 is 2.64 bits per heavy atom. The highest BCUT2D eigenvalue weighted by Gasteiger charge is 2.25. The molecule has 8 bridgehead atoms. The van der Waals surface area contributed by atoms with E-state index in [-0.39, 0.29) is 5.69 Å². The smallest absolute Gasteiger partial charge is 0.352 e. The molecule has 0 spiro atoms. The molecule has 3 heterocycles. The number of hydrogen-bond donors (Lipinski definition) is 1. The van der Waals surface area contributed by atoms with E-state index in [4.69, 9.17) is 21.4 Å². The van der Waals surface area contributed by atoms with Gasteiger partial charge in [-0.15, -0.1) is 23.5 Å². The third-order valence-corrected chi connectivity index (χ3v) is 11.0. The number of hydrogen-bond acceptors (Lipinski definition) is 7. The zero-order valence-corrected chi connectivity index (χ0v) is 29.6. The largest absolute Gasteiger partial charge is 0.493 e. The van der Waals surface area contributed by atoms with E-state index in [1.807, 2.05) is 68.1 Å². The molecule has 0 saturated heterocycles. The van der Waals surface area contributed by atoms with Crippen molar-refractivity contribution in [3.05, 3.63) is 93.5 Å². The van der Waals surface area contributed by atoms with Crippen molar-refractivity contribution >= 4 is 74.6 Å². The number of carboxylic acid groups (broad SMARTS) is 1. The van der Waals surface area contributed by atoms with Crippen molar-refractivity contribution in [1.82, 2.24) is 19.4 Å². The van der Waals surface area contributed by atoms with Crippen molar-refractivity contribution in [2.75, 3.05) is 19.4 Å².